The third-order valence-electron chi connectivity index (χ3n) is 2.69. The van der Waals surface area contributed by atoms with Crippen LogP contribution in [0.1, 0.15) is 10.4 Å². The molecule has 0 atom stereocenters. The molecule has 0 aromatic carbocycles. The predicted octanol–water partition coefficient (Wildman–Crippen LogP) is 2.14. The summed E-state index contributed by atoms with van der Waals surface area (Å²) in [4.78, 5) is 19.4. The first-order valence-electron chi connectivity index (χ1n) is 5.75. The van der Waals surface area contributed by atoms with Crippen molar-refractivity contribution in [3.05, 3.63) is 60.7 Å². The van der Waals surface area contributed by atoms with Crippen molar-refractivity contribution >= 4 is 6.29 Å². The van der Waals surface area contributed by atoms with Crippen LogP contribution in [0.3, 0.4) is 0 Å². The minimum absolute atomic E-state index is 0.513. The Labute approximate surface area is 109 Å². The Morgan fingerprint density at radius 3 is 2.74 bits per heavy atom. The van der Waals surface area contributed by atoms with Gasteiger partial charge in [0.15, 0.2) is 12.1 Å². The van der Waals surface area contributed by atoms with Gasteiger partial charge in [-0.25, -0.2) is 9.67 Å². The van der Waals surface area contributed by atoms with Crippen molar-refractivity contribution in [3.63, 3.8) is 0 Å². The van der Waals surface area contributed by atoms with Crippen molar-refractivity contribution in [2.24, 2.45) is 0 Å². The second kappa shape index (κ2) is 4.81. The standard InChI is InChI=1S/C14H10N4O/c19-10-12-9-18(13-5-1-2-7-16-13)17-14(12)11-4-3-6-15-8-11/h1-10H. The molecule has 0 saturated heterocycles. The second-order valence-corrected chi connectivity index (χ2v) is 3.93. The van der Waals surface area contributed by atoms with Crippen LogP contribution in [0.5, 0.6) is 0 Å². The number of nitrogens with zero attached hydrogens (tertiary/aromatic N) is 4. The minimum atomic E-state index is 0.513. The van der Waals surface area contributed by atoms with E-state index in [1.165, 1.54) is 0 Å². The molecule has 0 fully saturated rings. The van der Waals surface area contributed by atoms with Crippen molar-refractivity contribution in [1.82, 2.24) is 19.7 Å². The molecule has 3 heterocycles. The molecule has 19 heavy (non-hydrogen) atoms. The van der Waals surface area contributed by atoms with Gasteiger partial charge < -0.3 is 0 Å². The first kappa shape index (κ1) is 11.3. The molecule has 0 unspecified atom stereocenters. The summed E-state index contributed by atoms with van der Waals surface area (Å²) in [7, 11) is 0. The molecular weight excluding hydrogens is 240 g/mol. The van der Waals surface area contributed by atoms with Gasteiger partial charge in [0.05, 0.1) is 5.56 Å². The Kier molecular flexibility index (Phi) is 2.86. The van der Waals surface area contributed by atoms with E-state index in [9.17, 15) is 4.79 Å². The van der Waals surface area contributed by atoms with Gasteiger partial charge in [-0.1, -0.05) is 6.07 Å². The highest BCUT2D eigenvalue weighted by Crippen LogP contribution is 2.20. The van der Waals surface area contributed by atoms with Crippen LogP contribution in [0, 0.1) is 0 Å². The molecule has 0 aliphatic carbocycles. The lowest BCUT2D eigenvalue weighted by molar-refractivity contribution is 0.112. The van der Waals surface area contributed by atoms with E-state index in [4.69, 9.17) is 0 Å². The number of pyridine rings is 2. The highest BCUT2D eigenvalue weighted by molar-refractivity contribution is 5.85. The molecule has 0 spiro atoms. The van der Waals surface area contributed by atoms with Crippen LogP contribution in [0.4, 0.5) is 0 Å². The summed E-state index contributed by atoms with van der Waals surface area (Å²) in [6.07, 6.45) is 7.49. The van der Waals surface area contributed by atoms with Gasteiger partial charge in [0.1, 0.15) is 5.69 Å². The molecule has 0 aliphatic rings. The topological polar surface area (TPSA) is 60.7 Å². The van der Waals surface area contributed by atoms with Gasteiger partial charge in [0, 0.05) is 30.4 Å². The van der Waals surface area contributed by atoms with E-state index in [1.807, 2.05) is 30.3 Å². The molecule has 0 amide bonds. The van der Waals surface area contributed by atoms with E-state index >= 15 is 0 Å². The Morgan fingerprint density at radius 1 is 1.11 bits per heavy atom. The Morgan fingerprint density at radius 2 is 2.05 bits per heavy atom. The van der Waals surface area contributed by atoms with E-state index in [1.54, 1.807) is 29.5 Å². The molecule has 5 heteroatoms. The molecule has 92 valence electrons. The fourth-order valence-electron chi connectivity index (χ4n) is 1.81. The normalized spacial score (nSPS) is 10.3. The molecule has 3 rings (SSSR count). The fraction of sp³-hybridized carbons (Fsp3) is 0. The zero-order valence-corrected chi connectivity index (χ0v) is 9.97. The van der Waals surface area contributed by atoms with E-state index in [2.05, 4.69) is 15.1 Å². The van der Waals surface area contributed by atoms with Crippen molar-refractivity contribution < 1.29 is 4.79 Å². The average Bonchev–Trinajstić information content (AvgIpc) is 2.93. The smallest absolute Gasteiger partial charge is 0.153 e. The molecule has 0 bridgehead atoms. The van der Waals surface area contributed by atoms with Crippen LogP contribution >= 0.6 is 0 Å². The molecule has 0 radical (unpaired) electrons. The van der Waals surface area contributed by atoms with Gasteiger partial charge in [-0.05, 0) is 24.3 Å². The lowest BCUT2D eigenvalue weighted by Gasteiger charge is -1.98. The lowest BCUT2D eigenvalue weighted by atomic mass is 10.1. The third kappa shape index (κ3) is 2.13. The lowest BCUT2D eigenvalue weighted by Crippen LogP contribution is -1.97. The summed E-state index contributed by atoms with van der Waals surface area (Å²) in [5.74, 6) is 0.667. The zero-order chi connectivity index (χ0) is 13.1. The first-order chi connectivity index (χ1) is 9.38. The number of carbonyl (C=O) groups excluding carboxylic acids is 1. The van der Waals surface area contributed by atoms with Crippen LogP contribution in [-0.2, 0) is 0 Å². The van der Waals surface area contributed by atoms with Crippen LogP contribution in [0.25, 0.3) is 17.1 Å². The maximum atomic E-state index is 11.2. The van der Waals surface area contributed by atoms with Crippen LogP contribution < -0.4 is 0 Å². The highest BCUT2D eigenvalue weighted by Gasteiger charge is 2.11. The second-order valence-electron chi connectivity index (χ2n) is 3.93. The van der Waals surface area contributed by atoms with Gasteiger partial charge in [0.2, 0.25) is 0 Å². The van der Waals surface area contributed by atoms with Crippen molar-refractivity contribution in [3.8, 4) is 17.1 Å². The monoisotopic (exact) mass is 250 g/mol. The van der Waals surface area contributed by atoms with Crippen LogP contribution in [0.2, 0.25) is 0 Å². The molecule has 3 aromatic rings. The predicted molar refractivity (Wildman–Crippen MR) is 70.0 cm³/mol. The van der Waals surface area contributed by atoms with Crippen molar-refractivity contribution in [1.29, 1.82) is 0 Å². The van der Waals surface area contributed by atoms with E-state index in [0.29, 0.717) is 17.1 Å². The maximum absolute atomic E-state index is 11.2. The molecule has 0 aliphatic heterocycles. The van der Waals surface area contributed by atoms with Gasteiger partial charge in [-0.15, -0.1) is 0 Å². The number of rotatable bonds is 3. The van der Waals surface area contributed by atoms with E-state index in [-0.39, 0.29) is 0 Å². The van der Waals surface area contributed by atoms with Crippen molar-refractivity contribution in [2.45, 2.75) is 0 Å². The largest absolute Gasteiger partial charge is 0.298 e. The third-order valence-corrected chi connectivity index (χ3v) is 2.69. The van der Waals surface area contributed by atoms with Gasteiger partial charge in [-0.3, -0.25) is 9.78 Å². The van der Waals surface area contributed by atoms with Crippen LogP contribution in [0.15, 0.2) is 55.1 Å². The summed E-state index contributed by atoms with van der Waals surface area (Å²) in [5, 5.41) is 4.40. The molecule has 0 N–H and O–H groups in total. The summed E-state index contributed by atoms with van der Waals surface area (Å²) in [6, 6.07) is 9.20. The summed E-state index contributed by atoms with van der Waals surface area (Å²) < 4.78 is 1.59. The zero-order valence-electron chi connectivity index (χ0n) is 9.97. The molecular formula is C14H10N4O. The highest BCUT2D eigenvalue weighted by atomic mass is 16.1. The average molecular weight is 250 g/mol. The number of carbonyl (C=O) groups is 1. The number of hydrogen-bond acceptors (Lipinski definition) is 4. The van der Waals surface area contributed by atoms with E-state index < -0.39 is 0 Å². The van der Waals surface area contributed by atoms with Crippen molar-refractivity contribution in [2.75, 3.05) is 0 Å². The summed E-state index contributed by atoms with van der Waals surface area (Å²) in [6.45, 7) is 0. The number of aldehydes is 1. The number of aromatic nitrogens is 4. The fourth-order valence-corrected chi connectivity index (χ4v) is 1.81. The van der Waals surface area contributed by atoms with Gasteiger partial charge in [-0.2, -0.15) is 5.10 Å². The van der Waals surface area contributed by atoms with E-state index in [0.717, 1.165) is 11.8 Å². The Hall–Kier alpha value is -2.82. The minimum Gasteiger partial charge on any atom is -0.298 e. The first-order valence-corrected chi connectivity index (χ1v) is 5.75. The molecule has 0 saturated carbocycles. The summed E-state index contributed by atoms with van der Waals surface area (Å²) >= 11 is 0. The maximum Gasteiger partial charge on any atom is 0.153 e. The Bertz CT molecular complexity index is 692. The quantitative estimate of drug-likeness (QED) is 0.668. The molecule has 3 aromatic heterocycles. The molecule has 5 nitrogen and oxygen atoms in total. The summed E-state index contributed by atoms with van der Waals surface area (Å²) in [5.41, 5.74) is 1.92. The Balaban J connectivity index is 2.12. The SMILES string of the molecule is O=Cc1cn(-c2ccccn2)nc1-c1cccnc1. The number of hydrogen-bond donors (Lipinski definition) is 0. The van der Waals surface area contributed by atoms with Gasteiger partial charge >= 0.3 is 0 Å². The van der Waals surface area contributed by atoms with Crippen LogP contribution in [-0.4, -0.2) is 26.0 Å². The van der Waals surface area contributed by atoms with Gasteiger partial charge in [0.25, 0.3) is 0 Å².